The van der Waals surface area contributed by atoms with Gasteiger partial charge < -0.3 is 18.9 Å². The van der Waals surface area contributed by atoms with Crippen LogP contribution in [0.2, 0.25) is 0 Å². The topological polar surface area (TPSA) is 71.8 Å². The molecule has 44 heavy (non-hydrogen) atoms. The van der Waals surface area contributed by atoms with Gasteiger partial charge >= 0.3 is 0 Å². The molecule has 5 aromatic rings. The molecule has 0 fully saturated rings. The summed E-state index contributed by atoms with van der Waals surface area (Å²) in [5.41, 5.74) is 4.41. The van der Waals surface area contributed by atoms with Crippen LogP contribution in [0.25, 0.3) is 23.3 Å². The summed E-state index contributed by atoms with van der Waals surface area (Å²) in [6.07, 6.45) is 3.43. The Kier molecular flexibility index (Phi) is 9.40. The average Bonchev–Trinajstić information content (AvgIpc) is 3.04. The van der Waals surface area contributed by atoms with Crippen LogP contribution in [0.15, 0.2) is 95.8 Å². The number of rotatable bonds is 11. The maximum absolute atomic E-state index is 14.2. The van der Waals surface area contributed by atoms with Crippen molar-refractivity contribution in [3.05, 3.63) is 135 Å². The summed E-state index contributed by atoms with van der Waals surface area (Å²) in [7, 11) is 4.61. The van der Waals surface area contributed by atoms with Crippen LogP contribution < -0.4 is 24.5 Å². The maximum Gasteiger partial charge on any atom is 0.274 e. The molecule has 0 aliphatic rings. The first-order valence-corrected chi connectivity index (χ1v) is 14.0. The minimum atomic E-state index is -0.363. The fourth-order valence-electron chi connectivity index (χ4n) is 5.04. The molecule has 0 radical (unpaired) electrons. The van der Waals surface area contributed by atoms with Crippen molar-refractivity contribution >= 4 is 12.2 Å². The summed E-state index contributed by atoms with van der Waals surface area (Å²) >= 11 is 0. The molecule has 0 aliphatic heterocycles. The van der Waals surface area contributed by atoms with Crippen molar-refractivity contribution in [1.29, 1.82) is 0 Å². The summed E-state index contributed by atoms with van der Waals surface area (Å²) < 4.78 is 38.1. The molecule has 0 N–H and O–H groups in total. The third-order valence-electron chi connectivity index (χ3n) is 7.11. The fourth-order valence-corrected chi connectivity index (χ4v) is 5.04. The van der Waals surface area contributed by atoms with Crippen molar-refractivity contribution in [2.45, 2.75) is 20.1 Å². The number of hydrogen-bond acceptors (Lipinski definition) is 6. The second kappa shape index (κ2) is 13.7. The maximum atomic E-state index is 14.2. The number of benzene rings is 4. The third-order valence-corrected chi connectivity index (χ3v) is 7.11. The average molecular weight is 593 g/mol. The largest absolute Gasteiger partial charge is 0.493 e. The van der Waals surface area contributed by atoms with Crippen molar-refractivity contribution in [1.82, 2.24) is 9.78 Å². The van der Waals surface area contributed by atoms with E-state index < -0.39 is 0 Å². The van der Waals surface area contributed by atoms with Crippen molar-refractivity contribution in [2.24, 2.45) is 0 Å². The number of nitrogens with zero attached hydrogens (tertiary/aromatic N) is 2. The summed E-state index contributed by atoms with van der Waals surface area (Å²) in [6.45, 7) is 2.36. The molecular formula is C36H33FN2O5. The van der Waals surface area contributed by atoms with Crippen molar-refractivity contribution in [3.8, 4) is 34.1 Å². The van der Waals surface area contributed by atoms with E-state index in [-0.39, 0.29) is 17.9 Å². The zero-order valence-electron chi connectivity index (χ0n) is 25.0. The molecular weight excluding hydrogens is 559 g/mol. The van der Waals surface area contributed by atoms with Gasteiger partial charge in [-0.05, 0) is 60.0 Å². The number of aromatic nitrogens is 2. The number of aryl methyl sites for hydroxylation is 1. The molecule has 1 aromatic heterocycles. The van der Waals surface area contributed by atoms with E-state index in [0.717, 1.165) is 16.7 Å². The summed E-state index contributed by atoms with van der Waals surface area (Å²) in [5.74, 6) is 1.65. The molecule has 8 heteroatoms. The second-order valence-electron chi connectivity index (χ2n) is 10.0. The van der Waals surface area contributed by atoms with Gasteiger partial charge in [-0.25, -0.2) is 9.07 Å². The zero-order chi connectivity index (χ0) is 31.1. The molecule has 0 spiro atoms. The van der Waals surface area contributed by atoms with E-state index >= 15 is 0 Å². The second-order valence-corrected chi connectivity index (χ2v) is 10.0. The van der Waals surface area contributed by atoms with Gasteiger partial charge in [-0.2, -0.15) is 5.10 Å². The Morgan fingerprint density at radius 3 is 2.16 bits per heavy atom. The summed E-state index contributed by atoms with van der Waals surface area (Å²) in [5, 5.41) is 4.73. The van der Waals surface area contributed by atoms with Gasteiger partial charge in [0.2, 0.25) is 5.75 Å². The first-order valence-electron chi connectivity index (χ1n) is 14.0. The SMILES string of the molecule is COc1cc(Cn2nc(C)c(-c3ccccc3OCc3ccccc3)c(C=Cc3cccc(F)c3)c2=O)cc(OC)c1OC. The Morgan fingerprint density at radius 2 is 1.48 bits per heavy atom. The Balaban J connectivity index is 1.63. The van der Waals surface area contributed by atoms with Crippen LogP contribution in [0.5, 0.6) is 23.0 Å². The van der Waals surface area contributed by atoms with Crippen LogP contribution in [0, 0.1) is 12.7 Å². The van der Waals surface area contributed by atoms with E-state index in [1.165, 1.54) is 38.1 Å². The summed E-state index contributed by atoms with van der Waals surface area (Å²) in [6, 6.07) is 27.2. The van der Waals surface area contributed by atoms with Gasteiger partial charge in [-0.15, -0.1) is 0 Å². The van der Waals surface area contributed by atoms with Crippen LogP contribution in [0.4, 0.5) is 4.39 Å². The predicted molar refractivity (Wildman–Crippen MR) is 170 cm³/mol. The highest BCUT2D eigenvalue weighted by atomic mass is 19.1. The number of halogens is 1. The van der Waals surface area contributed by atoms with Crippen LogP contribution >= 0.6 is 0 Å². The molecule has 1 heterocycles. The number of ether oxygens (including phenoxy) is 4. The van der Waals surface area contributed by atoms with Gasteiger partial charge in [0.15, 0.2) is 11.5 Å². The zero-order valence-corrected chi connectivity index (χ0v) is 25.0. The molecule has 5 rings (SSSR count). The van der Waals surface area contributed by atoms with Crippen molar-refractivity contribution in [2.75, 3.05) is 21.3 Å². The lowest BCUT2D eigenvalue weighted by atomic mass is 9.97. The number of hydrogen-bond donors (Lipinski definition) is 0. The molecule has 0 saturated carbocycles. The molecule has 7 nitrogen and oxygen atoms in total. The van der Waals surface area contributed by atoms with E-state index in [2.05, 4.69) is 0 Å². The highest BCUT2D eigenvalue weighted by Crippen LogP contribution is 2.39. The van der Waals surface area contributed by atoms with E-state index in [0.29, 0.717) is 52.0 Å². The smallest absolute Gasteiger partial charge is 0.274 e. The summed E-state index contributed by atoms with van der Waals surface area (Å²) in [4.78, 5) is 14.2. The van der Waals surface area contributed by atoms with Crippen LogP contribution in [-0.2, 0) is 13.2 Å². The lowest BCUT2D eigenvalue weighted by Crippen LogP contribution is -2.27. The lowest BCUT2D eigenvalue weighted by molar-refractivity contribution is 0.307. The van der Waals surface area contributed by atoms with Crippen LogP contribution in [0.3, 0.4) is 0 Å². The Labute approximate surface area is 255 Å². The van der Waals surface area contributed by atoms with E-state index in [1.54, 1.807) is 36.4 Å². The minimum absolute atomic E-state index is 0.142. The fraction of sp³-hybridized carbons (Fsp3) is 0.167. The number of methoxy groups -OCH3 is 3. The van der Waals surface area contributed by atoms with Crippen molar-refractivity contribution < 1.29 is 23.3 Å². The third kappa shape index (κ3) is 6.65. The molecule has 0 aliphatic carbocycles. The van der Waals surface area contributed by atoms with Gasteiger partial charge in [0, 0.05) is 11.1 Å². The molecule has 0 saturated heterocycles. The van der Waals surface area contributed by atoms with Gasteiger partial charge in [0.25, 0.3) is 5.56 Å². The normalized spacial score (nSPS) is 11.0. The Bertz CT molecular complexity index is 1830. The number of para-hydroxylation sites is 1. The molecule has 224 valence electrons. The monoisotopic (exact) mass is 592 g/mol. The van der Waals surface area contributed by atoms with E-state index in [4.69, 9.17) is 24.0 Å². The van der Waals surface area contributed by atoms with Gasteiger partial charge in [0.05, 0.1) is 39.1 Å². The van der Waals surface area contributed by atoms with E-state index in [9.17, 15) is 9.18 Å². The Hall–Kier alpha value is -5.37. The quantitative estimate of drug-likeness (QED) is 0.162. The lowest BCUT2D eigenvalue weighted by Gasteiger charge is -2.18. The first-order chi connectivity index (χ1) is 21.4. The highest BCUT2D eigenvalue weighted by molar-refractivity contribution is 5.84. The minimum Gasteiger partial charge on any atom is -0.493 e. The van der Waals surface area contributed by atoms with Gasteiger partial charge in [0.1, 0.15) is 18.2 Å². The highest BCUT2D eigenvalue weighted by Gasteiger charge is 2.20. The first kappa shape index (κ1) is 30.1. The molecule has 0 atom stereocenters. The Morgan fingerprint density at radius 1 is 0.773 bits per heavy atom. The van der Waals surface area contributed by atoms with Crippen LogP contribution in [0.1, 0.15) is 27.9 Å². The van der Waals surface area contributed by atoms with Crippen LogP contribution in [-0.4, -0.2) is 31.1 Å². The standard InChI is InChI=1S/C36H33FN2O5/c1-24-34(29-15-8-9-16-31(29)44-23-26-11-6-5-7-12-26)30(18-17-25-13-10-14-28(37)19-25)36(40)39(38-24)22-27-20-32(41-2)35(43-4)33(21-27)42-3/h5-21H,22-23H2,1-4H3. The predicted octanol–water partition coefficient (Wildman–Crippen LogP) is 7.18. The molecule has 0 bridgehead atoms. The van der Waals surface area contributed by atoms with Gasteiger partial charge in [-0.1, -0.05) is 66.7 Å². The molecule has 0 unspecified atom stereocenters. The molecule has 4 aromatic carbocycles. The van der Waals surface area contributed by atoms with Gasteiger partial charge in [-0.3, -0.25) is 4.79 Å². The molecule has 0 amide bonds. The van der Waals surface area contributed by atoms with Crippen molar-refractivity contribution in [3.63, 3.8) is 0 Å². The van der Waals surface area contributed by atoms with E-state index in [1.807, 2.05) is 61.5 Å².